The number of hydrogen-bond donors (Lipinski definition) is 1. The van der Waals surface area contributed by atoms with Gasteiger partial charge in [-0.2, -0.15) is 0 Å². The van der Waals surface area contributed by atoms with Gasteiger partial charge in [0, 0.05) is 11.5 Å². The molecule has 1 aliphatic carbocycles. The first-order chi connectivity index (χ1) is 7.96. The van der Waals surface area contributed by atoms with Crippen LogP contribution in [0.5, 0.6) is 0 Å². The Hall–Kier alpha value is -1.31. The maximum Gasteiger partial charge on any atom is 0.223 e. The van der Waals surface area contributed by atoms with Crippen LogP contribution in [0.3, 0.4) is 0 Å². The van der Waals surface area contributed by atoms with Crippen LogP contribution < -0.4 is 5.32 Å². The quantitative estimate of drug-likeness (QED) is 0.851. The highest BCUT2D eigenvalue weighted by molar-refractivity contribution is 5.82. The lowest BCUT2D eigenvalue weighted by molar-refractivity contribution is -0.124. The summed E-state index contributed by atoms with van der Waals surface area (Å²) in [5, 5.41) is 3.06. The second kappa shape index (κ2) is 4.52. The average molecular weight is 231 g/mol. The molecule has 1 unspecified atom stereocenters. The number of carbonyl (C=O) groups excluding carboxylic acids is 1. The van der Waals surface area contributed by atoms with Crippen molar-refractivity contribution in [1.29, 1.82) is 0 Å². The summed E-state index contributed by atoms with van der Waals surface area (Å²) in [6.07, 6.45) is 2.07. The van der Waals surface area contributed by atoms with E-state index in [-0.39, 0.29) is 17.4 Å². The van der Waals surface area contributed by atoms with Crippen molar-refractivity contribution in [3.05, 3.63) is 35.9 Å². The number of benzene rings is 1. The largest absolute Gasteiger partial charge is 0.351 e. The van der Waals surface area contributed by atoms with Crippen LogP contribution in [0, 0.1) is 11.8 Å². The molecule has 0 aliphatic heterocycles. The van der Waals surface area contributed by atoms with Crippen molar-refractivity contribution in [3.8, 4) is 0 Å². The number of rotatable bonds is 3. The molecule has 0 aromatic heterocycles. The van der Waals surface area contributed by atoms with Crippen LogP contribution in [0.15, 0.2) is 30.3 Å². The number of nitrogens with one attached hydrogen (secondary N) is 1. The zero-order valence-corrected chi connectivity index (χ0v) is 10.9. The minimum Gasteiger partial charge on any atom is -0.351 e. The molecule has 1 amide bonds. The van der Waals surface area contributed by atoms with Gasteiger partial charge in [-0.05, 0) is 45.1 Å². The van der Waals surface area contributed by atoms with Crippen molar-refractivity contribution >= 4 is 5.91 Å². The third-order valence-corrected chi connectivity index (χ3v) is 3.10. The van der Waals surface area contributed by atoms with Crippen LogP contribution >= 0.6 is 0 Å². The van der Waals surface area contributed by atoms with Gasteiger partial charge in [-0.3, -0.25) is 4.79 Å². The molecule has 0 bridgehead atoms. The van der Waals surface area contributed by atoms with Crippen LogP contribution in [0.25, 0.3) is 0 Å². The summed E-state index contributed by atoms with van der Waals surface area (Å²) >= 11 is 0. The molecule has 0 saturated heterocycles. The van der Waals surface area contributed by atoms with Gasteiger partial charge in [0.15, 0.2) is 0 Å². The topological polar surface area (TPSA) is 29.1 Å². The summed E-state index contributed by atoms with van der Waals surface area (Å²) in [4.78, 5) is 11.9. The van der Waals surface area contributed by atoms with Crippen molar-refractivity contribution in [2.75, 3.05) is 0 Å². The monoisotopic (exact) mass is 231 g/mol. The molecule has 1 saturated carbocycles. The third kappa shape index (κ3) is 3.58. The highest BCUT2D eigenvalue weighted by Gasteiger charge is 2.43. The lowest BCUT2D eigenvalue weighted by Gasteiger charge is -2.20. The number of hydrogen-bond acceptors (Lipinski definition) is 1. The molecule has 2 rings (SSSR count). The summed E-state index contributed by atoms with van der Waals surface area (Å²) in [6.45, 7) is 6.08. The molecule has 2 atom stereocenters. The normalized spacial score (nSPS) is 23.2. The van der Waals surface area contributed by atoms with Crippen LogP contribution in [-0.2, 0) is 11.2 Å². The zero-order valence-electron chi connectivity index (χ0n) is 10.9. The Morgan fingerprint density at radius 2 is 1.94 bits per heavy atom. The van der Waals surface area contributed by atoms with Gasteiger partial charge in [0.05, 0.1) is 0 Å². The van der Waals surface area contributed by atoms with Crippen LogP contribution in [0.2, 0.25) is 0 Å². The fourth-order valence-electron chi connectivity index (χ4n) is 2.17. The van der Waals surface area contributed by atoms with E-state index in [9.17, 15) is 4.79 Å². The van der Waals surface area contributed by atoms with Crippen molar-refractivity contribution in [1.82, 2.24) is 5.32 Å². The van der Waals surface area contributed by atoms with Crippen LogP contribution in [0.4, 0.5) is 0 Å². The van der Waals surface area contributed by atoms with Gasteiger partial charge >= 0.3 is 0 Å². The van der Waals surface area contributed by atoms with Gasteiger partial charge in [0.25, 0.3) is 0 Å². The summed E-state index contributed by atoms with van der Waals surface area (Å²) in [5.74, 6) is 0.993. The Kier molecular flexibility index (Phi) is 3.23. The molecule has 0 radical (unpaired) electrons. The van der Waals surface area contributed by atoms with Gasteiger partial charge in [-0.25, -0.2) is 0 Å². The Labute approximate surface area is 103 Å². The SMILES string of the molecule is CC(C)(C)NC(=O)[C@H]1CC1Cc1ccccc1. The zero-order chi connectivity index (χ0) is 12.5. The fourth-order valence-corrected chi connectivity index (χ4v) is 2.17. The summed E-state index contributed by atoms with van der Waals surface area (Å²) in [7, 11) is 0. The lowest BCUT2D eigenvalue weighted by atomic mass is 10.1. The highest BCUT2D eigenvalue weighted by Crippen LogP contribution is 2.41. The average Bonchev–Trinajstić information content (AvgIpc) is 2.96. The first-order valence-corrected chi connectivity index (χ1v) is 6.32. The van der Waals surface area contributed by atoms with Gasteiger partial charge in [0.2, 0.25) is 5.91 Å². The van der Waals surface area contributed by atoms with Crippen molar-refractivity contribution < 1.29 is 4.79 Å². The Balaban J connectivity index is 1.83. The molecular weight excluding hydrogens is 210 g/mol. The second-order valence-corrected chi connectivity index (χ2v) is 6.03. The van der Waals surface area contributed by atoms with E-state index < -0.39 is 0 Å². The second-order valence-electron chi connectivity index (χ2n) is 6.03. The Bertz CT molecular complexity index is 391. The first kappa shape index (κ1) is 12.2. The Morgan fingerprint density at radius 1 is 1.29 bits per heavy atom. The van der Waals surface area contributed by atoms with Crippen LogP contribution in [0.1, 0.15) is 32.8 Å². The van der Waals surface area contributed by atoms with E-state index in [0.29, 0.717) is 5.92 Å². The molecular formula is C15H21NO. The lowest BCUT2D eigenvalue weighted by Crippen LogP contribution is -2.41. The molecule has 1 N–H and O–H groups in total. The predicted octanol–water partition coefficient (Wildman–Crippen LogP) is 2.78. The fraction of sp³-hybridized carbons (Fsp3) is 0.533. The van der Waals surface area contributed by atoms with E-state index in [4.69, 9.17) is 0 Å². The molecule has 2 nitrogen and oxygen atoms in total. The van der Waals surface area contributed by atoms with E-state index in [1.807, 2.05) is 26.8 Å². The molecule has 0 heterocycles. The van der Waals surface area contributed by atoms with Gasteiger partial charge in [-0.15, -0.1) is 0 Å². The Morgan fingerprint density at radius 3 is 2.53 bits per heavy atom. The molecule has 17 heavy (non-hydrogen) atoms. The van der Waals surface area contributed by atoms with Gasteiger partial charge in [-0.1, -0.05) is 30.3 Å². The van der Waals surface area contributed by atoms with Gasteiger partial charge in [0.1, 0.15) is 0 Å². The number of carbonyl (C=O) groups is 1. The molecule has 92 valence electrons. The minimum absolute atomic E-state index is 0.114. The third-order valence-electron chi connectivity index (χ3n) is 3.10. The van der Waals surface area contributed by atoms with Crippen molar-refractivity contribution in [3.63, 3.8) is 0 Å². The molecule has 2 heteroatoms. The molecule has 0 spiro atoms. The van der Waals surface area contributed by atoms with E-state index in [2.05, 4.69) is 29.6 Å². The molecule has 1 aromatic rings. The summed E-state index contributed by atoms with van der Waals surface area (Å²) in [5.41, 5.74) is 1.22. The molecule has 1 aromatic carbocycles. The van der Waals surface area contributed by atoms with Crippen molar-refractivity contribution in [2.24, 2.45) is 11.8 Å². The summed E-state index contributed by atoms with van der Waals surface area (Å²) in [6, 6.07) is 10.4. The molecule has 1 fully saturated rings. The van der Waals surface area contributed by atoms with E-state index in [1.54, 1.807) is 0 Å². The maximum atomic E-state index is 11.9. The number of amides is 1. The van der Waals surface area contributed by atoms with Gasteiger partial charge < -0.3 is 5.32 Å². The van der Waals surface area contributed by atoms with E-state index in [0.717, 1.165) is 12.8 Å². The van der Waals surface area contributed by atoms with E-state index in [1.165, 1.54) is 5.56 Å². The van der Waals surface area contributed by atoms with Crippen LogP contribution in [-0.4, -0.2) is 11.4 Å². The smallest absolute Gasteiger partial charge is 0.223 e. The first-order valence-electron chi connectivity index (χ1n) is 6.32. The predicted molar refractivity (Wildman–Crippen MR) is 69.6 cm³/mol. The highest BCUT2D eigenvalue weighted by atomic mass is 16.2. The molecule has 1 aliphatic rings. The minimum atomic E-state index is -0.114. The van der Waals surface area contributed by atoms with E-state index >= 15 is 0 Å². The summed E-state index contributed by atoms with van der Waals surface area (Å²) < 4.78 is 0. The standard InChI is InChI=1S/C15H21NO/c1-15(2,3)16-14(17)13-10-12(13)9-11-7-5-4-6-8-11/h4-8,12-13H,9-10H2,1-3H3,(H,16,17)/t12?,13-/m0/s1. The van der Waals surface area contributed by atoms with Crippen molar-refractivity contribution in [2.45, 2.75) is 39.2 Å². The maximum absolute atomic E-state index is 11.9.